The average molecular weight is 124 g/mol. The second-order valence-electron chi connectivity index (χ2n) is 1.76. The minimum Gasteiger partial charge on any atom is -0.390 e. The molecule has 0 aromatic rings. The summed E-state index contributed by atoms with van der Waals surface area (Å²) in [5.41, 5.74) is 0. The third kappa shape index (κ3) is 1.30. The van der Waals surface area contributed by atoms with Crippen molar-refractivity contribution in [2.45, 2.75) is 19.1 Å². The van der Waals surface area contributed by atoms with Gasteiger partial charge in [0.2, 0.25) is 0 Å². The Labute approximate surface area is 49.3 Å². The van der Waals surface area contributed by atoms with Crippen molar-refractivity contribution in [3.8, 4) is 0 Å². The van der Waals surface area contributed by atoms with Crippen molar-refractivity contribution in [1.29, 1.82) is 0 Å². The zero-order valence-electron chi connectivity index (χ0n) is 4.22. The summed E-state index contributed by atoms with van der Waals surface area (Å²) in [6, 6.07) is 0.338. The highest BCUT2D eigenvalue weighted by Gasteiger charge is 2.21. The van der Waals surface area contributed by atoms with Gasteiger partial charge < -0.3 is 10.4 Å². The predicted octanol–water partition coefficient (Wildman–Crippen LogP) is -0.239. The summed E-state index contributed by atoms with van der Waals surface area (Å²) in [7, 11) is 0. The molecular formula is C4H10ClNO. The van der Waals surface area contributed by atoms with E-state index < -0.39 is 0 Å². The minimum atomic E-state index is -0.0787. The van der Waals surface area contributed by atoms with Gasteiger partial charge in [-0.15, -0.1) is 12.4 Å². The number of hydrogen-bond acceptors (Lipinski definition) is 2. The number of aliphatic hydroxyl groups is 1. The van der Waals surface area contributed by atoms with E-state index in [9.17, 15) is 0 Å². The molecule has 2 N–H and O–H groups in total. The molecule has 1 heterocycles. The van der Waals surface area contributed by atoms with Gasteiger partial charge in [0.15, 0.2) is 0 Å². The first-order valence-electron chi connectivity index (χ1n) is 2.22. The first kappa shape index (κ1) is 7.21. The van der Waals surface area contributed by atoms with Crippen LogP contribution in [0.1, 0.15) is 6.92 Å². The lowest BCUT2D eigenvalue weighted by Gasteiger charge is -2.30. The maximum absolute atomic E-state index is 8.65. The van der Waals surface area contributed by atoms with Gasteiger partial charge in [-0.3, -0.25) is 0 Å². The zero-order chi connectivity index (χ0) is 4.57. The van der Waals surface area contributed by atoms with E-state index >= 15 is 0 Å². The molecule has 0 bridgehead atoms. The Morgan fingerprint density at radius 2 is 2.14 bits per heavy atom. The number of nitrogens with one attached hydrogen (secondary N) is 1. The fourth-order valence-electron chi connectivity index (χ4n) is 0.459. The van der Waals surface area contributed by atoms with Crippen molar-refractivity contribution >= 4 is 12.4 Å². The molecule has 1 fully saturated rings. The van der Waals surface area contributed by atoms with Gasteiger partial charge in [-0.2, -0.15) is 0 Å². The van der Waals surface area contributed by atoms with Crippen LogP contribution in [0.15, 0.2) is 0 Å². The smallest absolute Gasteiger partial charge is 0.0814 e. The Kier molecular flexibility index (Phi) is 2.58. The van der Waals surface area contributed by atoms with E-state index in [2.05, 4.69) is 5.32 Å². The quantitative estimate of drug-likeness (QED) is 0.466. The highest BCUT2D eigenvalue weighted by molar-refractivity contribution is 5.85. The van der Waals surface area contributed by atoms with Crippen molar-refractivity contribution in [1.82, 2.24) is 5.32 Å². The number of aliphatic hydroxyl groups excluding tert-OH is 1. The van der Waals surface area contributed by atoms with Gasteiger partial charge in [-0.25, -0.2) is 0 Å². The van der Waals surface area contributed by atoms with Crippen LogP contribution in [0.2, 0.25) is 0 Å². The fourth-order valence-corrected chi connectivity index (χ4v) is 0.459. The van der Waals surface area contributed by atoms with E-state index in [0.717, 1.165) is 6.54 Å². The van der Waals surface area contributed by atoms with Crippen LogP contribution in [0.3, 0.4) is 0 Å². The highest BCUT2D eigenvalue weighted by atomic mass is 35.5. The molecule has 0 aromatic heterocycles. The second kappa shape index (κ2) is 2.50. The summed E-state index contributed by atoms with van der Waals surface area (Å²) in [6.45, 7) is 2.75. The molecule has 2 atom stereocenters. The van der Waals surface area contributed by atoms with Crippen molar-refractivity contribution < 1.29 is 5.11 Å². The normalized spacial score (nSPS) is 38.6. The average Bonchev–Trinajstić information content (AvgIpc) is 1.61. The molecule has 2 nitrogen and oxygen atoms in total. The Morgan fingerprint density at radius 3 is 2.14 bits per heavy atom. The molecule has 1 unspecified atom stereocenters. The summed E-state index contributed by atoms with van der Waals surface area (Å²) in [5.74, 6) is 0. The van der Waals surface area contributed by atoms with Crippen LogP contribution in [-0.2, 0) is 0 Å². The number of halogens is 1. The van der Waals surface area contributed by atoms with E-state index in [-0.39, 0.29) is 18.5 Å². The topological polar surface area (TPSA) is 32.3 Å². The van der Waals surface area contributed by atoms with E-state index in [1.165, 1.54) is 0 Å². The van der Waals surface area contributed by atoms with Crippen molar-refractivity contribution in [2.24, 2.45) is 0 Å². The highest BCUT2D eigenvalue weighted by Crippen LogP contribution is 1.99. The third-order valence-electron chi connectivity index (χ3n) is 1.23. The van der Waals surface area contributed by atoms with Crippen molar-refractivity contribution in [3.63, 3.8) is 0 Å². The summed E-state index contributed by atoms with van der Waals surface area (Å²) in [6.07, 6.45) is -0.0787. The van der Waals surface area contributed by atoms with Crippen molar-refractivity contribution in [2.75, 3.05) is 6.54 Å². The van der Waals surface area contributed by atoms with Gasteiger partial charge in [0.25, 0.3) is 0 Å². The lowest BCUT2D eigenvalue weighted by atomic mass is 10.1. The molecule has 0 aliphatic carbocycles. The summed E-state index contributed by atoms with van der Waals surface area (Å²) in [5, 5.41) is 11.7. The van der Waals surface area contributed by atoms with Gasteiger partial charge in [0, 0.05) is 12.6 Å². The maximum Gasteiger partial charge on any atom is 0.0814 e. The van der Waals surface area contributed by atoms with Gasteiger partial charge in [-0.05, 0) is 6.92 Å². The maximum atomic E-state index is 8.65. The summed E-state index contributed by atoms with van der Waals surface area (Å²) >= 11 is 0. The van der Waals surface area contributed by atoms with Gasteiger partial charge in [0.1, 0.15) is 0 Å². The molecule has 0 amide bonds. The molecule has 1 rings (SSSR count). The van der Waals surface area contributed by atoms with Gasteiger partial charge >= 0.3 is 0 Å². The van der Waals surface area contributed by atoms with Gasteiger partial charge in [-0.1, -0.05) is 0 Å². The third-order valence-corrected chi connectivity index (χ3v) is 1.23. The second-order valence-corrected chi connectivity index (χ2v) is 1.76. The molecule has 0 spiro atoms. The van der Waals surface area contributed by atoms with Gasteiger partial charge in [0.05, 0.1) is 6.10 Å². The van der Waals surface area contributed by atoms with Crippen LogP contribution in [0, 0.1) is 0 Å². The van der Waals surface area contributed by atoms with E-state index in [0.29, 0.717) is 6.04 Å². The van der Waals surface area contributed by atoms with Crippen LogP contribution in [0.25, 0.3) is 0 Å². The molecule has 1 aliphatic rings. The van der Waals surface area contributed by atoms with Crippen LogP contribution in [0.5, 0.6) is 0 Å². The van der Waals surface area contributed by atoms with Crippen LogP contribution < -0.4 is 5.32 Å². The number of β-amino-alcohol motifs (C(OH)–C–C–N with tert-alkyl or cyclic N) is 1. The fraction of sp³-hybridized carbons (Fsp3) is 1.00. The number of rotatable bonds is 0. The van der Waals surface area contributed by atoms with Crippen molar-refractivity contribution in [3.05, 3.63) is 0 Å². The Hall–Kier alpha value is 0.210. The predicted molar refractivity (Wildman–Crippen MR) is 30.7 cm³/mol. The van der Waals surface area contributed by atoms with Crippen LogP contribution in [-0.4, -0.2) is 23.8 Å². The monoisotopic (exact) mass is 123 g/mol. The number of hydrogen-bond donors (Lipinski definition) is 2. The lowest BCUT2D eigenvalue weighted by Crippen LogP contribution is -2.55. The Morgan fingerprint density at radius 1 is 1.71 bits per heavy atom. The molecule has 0 radical (unpaired) electrons. The largest absolute Gasteiger partial charge is 0.390 e. The molecule has 3 heteroatoms. The summed E-state index contributed by atoms with van der Waals surface area (Å²) in [4.78, 5) is 0. The van der Waals surface area contributed by atoms with E-state index in [1.807, 2.05) is 6.92 Å². The lowest BCUT2D eigenvalue weighted by molar-refractivity contribution is 0.0704. The molecule has 1 saturated heterocycles. The molecule has 0 saturated carbocycles. The Balaban J connectivity index is 0.000000360. The van der Waals surface area contributed by atoms with E-state index in [1.54, 1.807) is 0 Å². The van der Waals surface area contributed by atoms with Crippen LogP contribution in [0.4, 0.5) is 0 Å². The van der Waals surface area contributed by atoms with E-state index in [4.69, 9.17) is 5.11 Å². The first-order valence-corrected chi connectivity index (χ1v) is 2.22. The molecular weight excluding hydrogens is 114 g/mol. The standard InChI is InChI=1S/C4H9NO.ClH/c1-3-4(6)2-5-3;/h3-6H,2H2,1H3;1H/t3?,4-;/m0./s1. The molecule has 1 aliphatic heterocycles. The van der Waals surface area contributed by atoms with Crippen LogP contribution >= 0.6 is 12.4 Å². The SMILES string of the molecule is CC1NC[C@@H]1O.Cl. The molecule has 0 aromatic carbocycles. The molecule has 7 heavy (non-hydrogen) atoms. The zero-order valence-corrected chi connectivity index (χ0v) is 5.03. The first-order chi connectivity index (χ1) is 2.80. The minimum absolute atomic E-state index is 0. The molecule has 44 valence electrons. The summed E-state index contributed by atoms with van der Waals surface area (Å²) < 4.78 is 0. The Bertz CT molecular complexity index is 51.7.